The first-order chi connectivity index (χ1) is 11.0. The Morgan fingerprint density at radius 2 is 1.65 bits per heavy atom. The van der Waals surface area contributed by atoms with Gasteiger partial charge in [0.25, 0.3) is 11.8 Å². The molecule has 0 aromatic heterocycles. The van der Waals surface area contributed by atoms with Gasteiger partial charge in [-0.15, -0.1) is 0 Å². The summed E-state index contributed by atoms with van der Waals surface area (Å²) in [6.07, 6.45) is 0.407. The number of anilines is 1. The Labute approximate surface area is 133 Å². The van der Waals surface area contributed by atoms with Crippen LogP contribution in [0.2, 0.25) is 0 Å². The molecule has 2 amide bonds. The molecule has 1 unspecified atom stereocenters. The lowest BCUT2D eigenvalue weighted by molar-refractivity contribution is -0.158. The van der Waals surface area contributed by atoms with E-state index in [1.54, 1.807) is 12.1 Å². The number of hydroxylamine groups is 2. The number of nitrogens with zero attached hydrogens (tertiary/aromatic N) is 1. The monoisotopic (exact) mass is 311 g/mol. The average Bonchev–Trinajstić information content (AvgIpc) is 2.88. The SMILES string of the molecule is Nc1ccc(-c2ccc(C(=O)NC3CCN(O)C3=O)cc2)cc1. The number of nitrogen functional groups attached to an aromatic ring is 1. The maximum Gasteiger partial charge on any atom is 0.268 e. The fraction of sp³-hybridized carbons (Fsp3) is 0.176. The van der Waals surface area contributed by atoms with E-state index in [1.165, 1.54) is 0 Å². The van der Waals surface area contributed by atoms with Gasteiger partial charge in [-0.2, -0.15) is 0 Å². The van der Waals surface area contributed by atoms with Gasteiger partial charge in [-0.1, -0.05) is 24.3 Å². The van der Waals surface area contributed by atoms with Crippen LogP contribution in [0.25, 0.3) is 11.1 Å². The van der Waals surface area contributed by atoms with Crippen molar-refractivity contribution in [2.45, 2.75) is 12.5 Å². The maximum atomic E-state index is 12.2. The summed E-state index contributed by atoms with van der Waals surface area (Å²) >= 11 is 0. The Bertz CT molecular complexity index is 726. The van der Waals surface area contributed by atoms with Crippen LogP contribution in [0, 0.1) is 0 Å². The van der Waals surface area contributed by atoms with Crippen LogP contribution >= 0.6 is 0 Å². The van der Waals surface area contributed by atoms with E-state index in [2.05, 4.69) is 5.32 Å². The van der Waals surface area contributed by atoms with Crippen molar-refractivity contribution < 1.29 is 14.8 Å². The first-order valence-electron chi connectivity index (χ1n) is 7.32. The smallest absolute Gasteiger partial charge is 0.268 e. The van der Waals surface area contributed by atoms with Crippen molar-refractivity contribution >= 4 is 17.5 Å². The quantitative estimate of drug-likeness (QED) is 0.593. The summed E-state index contributed by atoms with van der Waals surface area (Å²) in [4.78, 5) is 23.8. The minimum absolute atomic E-state index is 0.236. The van der Waals surface area contributed by atoms with E-state index in [1.807, 2.05) is 36.4 Å². The van der Waals surface area contributed by atoms with Crippen molar-refractivity contribution in [2.24, 2.45) is 0 Å². The Morgan fingerprint density at radius 1 is 1.09 bits per heavy atom. The number of nitrogens with two attached hydrogens (primary N) is 1. The summed E-state index contributed by atoms with van der Waals surface area (Å²) in [5, 5.41) is 12.5. The molecular formula is C17H17N3O3. The molecule has 1 heterocycles. The molecule has 118 valence electrons. The Balaban J connectivity index is 1.70. The summed E-state index contributed by atoms with van der Waals surface area (Å²) in [5.74, 6) is -0.806. The number of benzene rings is 2. The van der Waals surface area contributed by atoms with E-state index in [-0.39, 0.29) is 12.5 Å². The van der Waals surface area contributed by atoms with E-state index in [0.29, 0.717) is 22.7 Å². The van der Waals surface area contributed by atoms with E-state index < -0.39 is 11.9 Å². The van der Waals surface area contributed by atoms with E-state index in [4.69, 9.17) is 5.73 Å². The second-order valence-electron chi connectivity index (χ2n) is 5.48. The highest BCUT2D eigenvalue weighted by Gasteiger charge is 2.32. The maximum absolute atomic E-state index is 12.2. The number of amides is 2. The first-order valence-corrected chi connectivity index (χ1v) is 7.32. The van der Waals surface area contributed by atoms with Crippen LogP contribution in [0.1, 0.15) is 16.8 Å². The van der Waals surface area contributed by atoms with Gasteiger partial charge in [0.05, 0.1) is 6.54 Å². The van der Waals surface area contributed by atoms with Gasteiger partial charge >= 0.3 is 0 Å². The predicted molar refractivity (Wildman–Crippen MR) is 85.7 cm³/mol. The van der Waals surface area contributed by atoms with Gasteiger partial charge in [0.1, 0.15) is 6.04 Å². The standard InChI is InChI=1S/C17H17N3O3/c18-14-7-5-12(6-8-14)11-1-3-13(4-2-11)16(21)19-15-9-10-20(23)17(15)22/h1-8,15,23H,9-10,18H2,(H,19,21). The molecule has 1 saturated heterocycles. The molecule has 1 aliphatic rings. The molecule has 4 N–H and O–H groups in total. The van der Waals surface area contributed by atoms with Crippen molar-refractivity contribution in [2.75, 3.05) is 12.3 Å². The van der Waals surface area contributed by atoms with Crippen molar-refractivity contribution in [3.8, 4) is 11.1 Å². The number of rotatable bonds is 3. The number of hydrogen-bond donors (Lipinski definition) is 3. The zero-order chi connectivity index (χ0) is 16.4. The van der Waals surface area contributed by atoms with Crippen LogP contribution in [-0.4, -0.2) is 34.7 Å². The van der Waals surface area contributed by atoms with Gasteiger partial charge in [0, 0.05) is 11.3 Å². The van der Waals surface area contributed by atoms with Gasteiger partial charge < -0.3 is 11.1 Å². The third-order valence-corrected chi connectivity index (χ3v) is 3.88. The highest BCUT2D eigenvalue weighted by Crippen LogP contribution is 2.21. The lowest BCUT2D eigenvalue weighted by atomic mass is 10.0. The third-order valence-electron chi connectivity index (χ3n) is 3.88. The van der Waals surface area contributed by atoms with Crippen LogP contribution in [0.4, 0.5) is 5.69 Å². The zero-order valence-electron chi connectivity index (χ0n) is 12.4. The number of hydrogen-bond acceptors (Lipinski definition) is 4. The second kappa shape index (κ2) is 6.10. The molecule has 1 fully saturated rings. The molecule has 0 bridgehead atoms. The molecular weight excluding hydrogens is 294 g/mol. The third kappa shape index (κ3) is 3.17. The number of nitrogens with one attached hydrogen (secondary N) is 1. The van der Waals surface area contributed by atoms with Crippen molar-refractivity contribution in [3.63, 3.8) is 0 Å². The van der Waals surface area contributed by atoms with Crippen molar-refractivity contribution in [1.82, 2.24) is 10.4 Å². The molecule has 0 radical (unpaired) electrons. The van der Waals surface area contributed by atoms with Gasteiger partial charge in [-0.3, -0.25) is 14.8 Å². The van der Waals surface area contributed by atoms with E-state index >= 15 is 0 Å². The Morgan fingerprint density at radius 3 is 2.17 bits per heavy atom. The molecule has 6 nitrogen and oxygen atoms in total. The van der Waals surface area contributed by atoms with Gasteiger partial charge in [-0.05, 0) is 41.8 Å². The molecule has 0 saturated carbocycles. The summed E-state index contributed by atoms with van der Waals surface area (Å²) in [7, 11) is 0. The van der Waals surface area contributed by atoms with Gasteiger partial charge in [0.15, 0.2) is 0 Å². The fourth-order valence-corrected chi connectivity index (χ4v) is 2.53. The predicted octanol–water partition coefficient (Wildman–Crippen LogP) is 1.66. The Kier molecular flexibility index (Phi) is 3.99. The molecule has 2 aromatic rings. The topological polar surface area (TPSA) is 95.7 Å². The van der Waals surface area contributed by atoms with Gasteiger partial charge in [-0.25, -0.2) is 5.06 Å². The lowest BCUT2D eigenvalue weighted by Gasteiger charge is -2.11. The normalized spacial score (nSPS) is 17.3. The van der Waals surface area contributed by atoms with Crippen molar-refractivity contribution in [3.05, 3.63) is 54.1 Å². The van der Waals surface area contributed by atoms with Crippen LogP contribution < -0.4 is 11.1 Å². The molecule has 0 aliphatic carbocycles. The van der Waals surface area contributed by atoms with Crippen LogP contribution in [0.3, 0.4) is 0 Å². The largest absolute Gasteiger partial charge is 0.399 e. The summed E-state index contributed by atoms with van der Waals surface area (Å²) in [6, 6.07) is 13.9. The molecule has 3 rings (SSSR count). The number of carbonyl (C=O) groups excluding carboxylic acids is 2. The van der Waals surface area contributed by atoms with Crippen LogP contribution in [-0.2, 0) is 4.79 Å². The molecule has 2 aromatic carbocycles. The fourth-order valence-electron chi connectivity index (χ4n) is 2.53. The van der Waals surface area contributed by atoms with E-state index in [9.17, 15) is 14.8 Å². The first kappa shape index (κ1) is 15.1. The lowest BCUT2D eigenvalue weighted by Crippen LogP contribution is -2.40. The minimum atomic E-state index is -0.663. The van der Waals surface area contributed by atoms with Crippen molar-refractivity contribution in [1.29, 1.82) is 0 Å². The molecule has 0 spiro atoms. The summed E-state index contributed by atoms with van der Waals surface area (Å²) in [6.45, 7) is 0.236. The molecule has 23 heavy (non-hydrogen) atoms. The van der Waals surface area contributed by atoms with Gasteiger partial charge in [0.2, 0.25) is 0 Å². The summed E-state index contributed by atoms with van der Waals surface area (Å²) < 4.78 is 0. The molecule has 1 atom stereocenters. The summed E-state index contributed by atoms with van der Waals surface area (Å²) in [5.41, 5.74) is 8.81. The Hall–Kier alpha value is -2.86. The average molecular weight is 311 g/mol. The zero-order valence-corrected chi connectivity index (χ0v) is 12.4. The minimum Gasteiger partial charge on any atom is -0.399 e. The van der Waals surface area contributed by atoms with Crippen LogP contribution in [0.15, 0.2) is 48.5 Å². The number of carbonyl (C=O) groups is 2. The highest BCUT2D eigenvalue weighted by molar-refractivity contribution is 5.98. The molecule has 1 aliphatic heterocycles. The molecule has 6 heteroatoms. The highest BCUT2D eigenvalue weighted by atomic mass is 16.5. The second-order valence-corrected chi connectivity index (χ2v) is 5.48. The van der Waals surface area contributed by atoms with E-state index in [0.717, 1.165) is 11.1 Å². The van der Waals surface area contributed by atoms with Crippen LogP contribution in [0.5, 0.6) is 0 Å².